The van der Waals surface area contributed by atoms with Crippen LogP contribution >= 0.6 is 0 Å². The van der Waals surface area contributed by atoms with Gasteiger partial charge in [0.1, 0.15) is 17.6 Å². The van der Waals surface area contributed by atoms with Crippen molar-refractivity contribution in [3.63, 3.8) is 0 Å². The van der Waals surface area contributed by atoms with Gasteiger partial charge in [0, 0.05) is 17.8 Å². The van der Waals surface area contributed by atoms with E-state index in [0.717, 1.165) is 5.69 Å². The predicted octanol–water partition coefficient (Wildman–Crippen LogP) is 3.23. The zero-order chi connectivity index (χ0) is 18.0. The third-order valence-corrected chi connectivity index (χ3v) is 3.69. The van der Waals surface area contributed by atoms with Gasteiger partial charge in [0.15, 0.2) is 0 Å². The van der Waals surface area contributed by atoms with Crippen molar-refractivity contribution in [2.75, 3.05) is 0 Å². The van der Waals surface area contributed by atoms with Gasteiger partial charge in [-0.3, -0.25) is 4.79 Å². The molecule has 0 bridgehead atoms. The molecule has 0 saturated carbocycles. The molecule has 2 aromatic heterocycles. The Morgan fingerprint density at radius 2 is 2.12 bits per heavy atom. The highest BCUT2D eigenvalue weighted by atomic mass is 19.1. The number of halogens is 1. The van der Waals surface area contributed by atoms with E-state index in [4.69, 9.17) is 4.42 Å². The molecule has 0 fully saturated rings. The average Bonchev–Trinajstić information content (AvgIpc) is 3.23. The molecule has 0 aliphatic rings. The van der Waals surface area contributed by atoms with Crippen LogP contribution in [0.5, 0.6) is 0 Å². The van der Waals surface area contributed by atoms with Gasteiger partial charge in [0.25, 0.3) is 5.91 Å². The molecule has 0 aliphatic heterocycles. The molecule has 0 saturated heterocycles. The molecule has 6 nitrogen and oxygen atoms in total. The second-order valence-electron chi connectivity index (χ2n) is 6.64. The summed E-state index contributed by atoms with van der Waals surface area (Å²) in [5.74, 6) is -0.803. The summed E-state index contributed by atoms with van der Waals surface area (Å²) in [5.41, 5.74) is 0.934. The van der Waals surface area contributed by atoms with Crippen molar-refractivity contribution in [3.8, 4) is 5.69 Å². The maximum absolute atomic E-state index is 14.2. The van der Waals surface area contributed by atoms with Crippen molar-refractivity contribution < 1.29 is 13.6 Å². The maximum atomic E-state index is 14.2. The Labute approximate surface area is 144 Å². The van der Waals surface area contributed by atoms with Gasteiger partial charge in [-0.1, -0.05) is 26.8 Å². The van der Waals surface area contributed by atoms with E-state index in [1.54, 1.807) is 30.8 Å². The van der Waals surface area contributed by atoms with E-state index < -0.39 is 11.7 Å². The molecule has 0 spiro atoms. The van der Waals surface area contributed by atoms with Crippen LogP contribution in [0.15, 0.2) is 47.3 Å². The van der Waals surface area contributed by atoms with E-state index in [0.29, 0.717) is 11.6 Å². The van der Waals surface area contributed by atoms with Gasteiger partial charge in [-0.05, 0) is 18.2 Å². The van der Waals surface area contributed by atoms with Crippen LogP contribution < -0.4 is 5.32 Å². The first-order valence-corrected chi connectivity index (χ1v) is 7.88. The topological polar surface area (TPSA) is 73.0 Å². The van der Waals surface area contributed by atoms with Gasteiger partial charge in [-0.15, -0.1) is 0 Å². The van der Waals surface area contributed by atoms with Crippen LogP contribution in [-0.2, 0) is 12.0 Å². The van der Waals surface area contributed by atoms with Crippen LogP contribution in [0.2, 0.25) is 0 Å². The highest BCUT2D eigenvalue weighted by molar-refractivity contribution is 5.97. The normalized spacial score (nSPS) is 11.5. The Morgan fingerprint density at radius 1 is 1.32 bits per heavy atom. The number of nitrogens with zero attached hydrogens (tertiary/aromatic N) is 3. The molecule has 0 aliphatic carbocycles. The summed E-state index contributed by atoms with van der Waals surface area (Å²) in [6.07, 6.45) is 4.78. The highest BCUT2D eigenvalue weighted by Gasteiger charge is 2.21. The lowest BCUT2D eigenvalue weighted by Gasteiger charge is -2.13. The zero-order valence-electron chi connectivity index (χ0n) is 14.3. The minimum absolute atomic E-state index is 0.0712. The number of hydrogen-bond donors (Lipinski definition) is 1. The fourth-order valence-electron chi connectivity index (χ4n) is 2.32. The molecular weight excluding hydrogens is 323 g/mol. The lowest BCUT2D eigenvalue weighted by molar-refractivity contribution is 0.0943. The highest BCUT2D eigenvalue weighted by Crippen LogP contribution is 2.21. The third kappa shape index (κ3) is 3.60. The van der Waals surface area contributed by atoms with Crippen molar-refractivity contribution in [3.05, 3.63) is 65.9 Å². The van der Waals surface area contributed by atoms with Crippen LogP contribution in [0.4, 0.5) is 4.39 Å². The molecule has 1 aromatic carbocycles. The molecule has 3 rings (SSSR count). The lowest BCUT2D eigenvalue weighted by Crippen LogP contribution is -2.26. The van der Waals surface area contributed by atoms with Crippen molar-refractivity contribution in [2.24, 2.45) is 0 Å². The summed E-state index contributed by atoms with van der Waals surface area (Å²) < 4.78 is 21.1. The smallest absolute Gasteiger partial charge is 0.256 e. The SMILES string of the molecule is CC(C)(C)c1coc(CNC(=O)c2c(F)cccc2-n2cccn2)n1. The maximum Gasteiger partial charge on any atom is 0.256 e. The number of nitrogens with one attached hydrogen (secondary N) is 1. The van der Waals surface area contributed by atoms with Gasteiger partial charge in [0.05, 0.1) is 17.9 Å². The molecule has 1 amide bonds. The van der Waals surface area contributed by atoms with Gasteiger partial charge in [-0.2, -0.15) is 5.10 Å². The van der Waals surface area contributed by atoms with E-state index in [1.807, 2.05) is 20.8 Å². The van der Waals surface area contributed by atoms with E-state index in [2.05, 4.69) is 15.4 Å². The molecule has 25 heavy (non-hydrogen) atoms. The number of rotatable bonds is 4. The van der Waals surface area contributed by atoms with Gasteiger partial charge in [-0.25, -0.2) is 14.1 Å². The fraction of sp³-hybridized carbons (Fsp3) is 0.278. The summed E-state index contributed by atoms with van der Waals surface area (Å²) in [6.45, 7) is 6.12. The summed E-state index contributed by atoms with van der Waals surface area (Å²) in [7, 11) is 0. The number of carbonyl (C=O) groups excluding carboxylic acids is 1. The van der Waals surface area contributed by atoms with Gasteiger partial charge in [0.2, 0.25) is 5.89 Å². The van der Waals surface area contributed by atoms with Crippen molar-refractivity contribution in [2.45, 2.75) is 32.7 Å². The van der Waals surface area contributed by atoms with Crippen LogP contribution in [0.1, 0.15) is 42.7 Å². The Balaban J connectivity index is 1.79. The first-order chi connectivity index (χ1) is 11.9. The minimum Gasteiger partial charge on any atom is -0.447 e. The van der Waals surface area contributed by atoms with E-state index in [9.17, 15) is 9.18 Å². The molecule has 0 atom stereocenters. The quantitative estimate of drug-likeness (QED) is 0.790. The third-order valence-electron chi connectivity index (χ3n) is 3.69. The average molecular weight is 342 g/mol. The van der Waals surface area contributed by atoms with Crippen molar-refractivity contribution in [1.29, 1.82) is 0 Å². The Kier molecular flexibility index (Phi) is 4.39. The van der Waals surface area contributed by atoms with E-state index >= 15 is 0 Å². The Bertz CT molecular complexity index is 879. The fourth-order valence-corrected chi connectivity index (χ4v) is 2.32. The van der Waals surface area contributed by atoms with Crippen molar-refractivity contribution in [1.82, 2.24) is 20.1 Å². The number of aromatic nitrogens is 3. The molecule has 0 radical (unpaired) electrons. The molecule has 3 aromatic rings. The largest absolute Gasteiger partial charge is 0.447 e. The van der Waals surface area contributed by atoms with Crippen LogP contribution in [0, 0.1) is 5.82 Å². The van der Waals surface area contributed by atoms with Crippen LogP contribution in [0.25, 0.3) is 5.69 Å². The summed E-state index contributed by atoms with van der Waals surface area (Å²) in [6, 6.07) is 6.11. The first-order valence-electron chi connectivity index (χ1n) is 7.88. The lowest BCUT2D eigenvalue weighted by atomic mass is 9.93. The monoisotopic (exact) mass is 342 g/mol. The first kappa shape index (κ1) is 16.9. The number of oxazole rings is 1. The second kappa shape index (κ2) is 6.51. The molecular formula is C18H19FN4O2. The predicted molar refractivity (Wildman–Crippen MR) is 89.9 cm³/mol. The van der Waals surface area contributed by atoms with E-state index in [1.165, 1.54) is 16.8 Å². The van der Waals surface area contributed by atoms with E-state index in [-0.39, 0.29) is 17.5 Å². The number of carbonyl (C=O) groups is 1. The number of benzene rings is 1. The molecule has 2 heterocycles. The molecule has 130 valence electrons. The summed E-state index contributed by atoms with van der Waals surface area (Å²) in [5, 5.41) is 6.71. The van der Waals surface area contributed by atoms with Crippen LogP contribution in [-0.4, -0.2) is 20.7 Å². The summed E-state index contributed by atoms with van der Waals surface area (Å²) >= 11 is 0. The van der Waals surface area contributed by atoms with Gasteiger partial charge < -0.3 is 9.73 Å². The van der Waals surface area contributed by atoms with Crippen molar-refractivity contribution >= 4 is 5.91 Å². The Hall–Kier alpha value is -2.96. The second-order valence-corrected chi connectivity index (χ2v) is 6.64. The van der Waals surface area contributed by atoms with Gasteiger partial charge >= 0.3 is 0 Å². The van der Waals surface area contributed by atoms with Crippen LogP contribution in [0.3, 0.4) is 0 Å². The zero-order valence-corrected chi connectivity index (χ0v) is 14.3. The standard InChI is InChI=1S/C18H19FN4O2/c1-18(2,3)14-11-25-15(22-14)10-20-17(24)16-12(19)6-4-7-13(16)23-9-5-8-21-23/h4-9,11H,10H2,1-3H3,(H,20,24). The minimum atomic E-state index is -0.617. The molecule has 7 heteroatoms. The number of hydrogen-bond acceptors (Lipinski definition) is 4. The number of amides is 1. The molecule has 1 N–H and O–H groups in total. The summed E-state index contributed by atoms with van der Waals surface area (Å²) in [4.78, 5) is 16.8. The Morgan fingerprint density at radius 3 is 2.76 bits per heavy atom. The molecule has 0 unspecified atom stereocenters.